The maximum absolute atomic E-state index is 12.8. The molecule has 0 aliphatic carbocycles. The number of nitrogens with zero attached hydrogens (tertiary/aromatic N) is 2. The molecule has 3 aromatic rings. The molecule has 25 heavy (non-hydrogen) atoms. The quantitative estimate of drug-likeness (QED) is 0.672. The third-order valence-electron chi connectivity index (χ3n) is 4.21. The van der Waals surface area contributed by atoms with Crippen molar-refractivity contribution in [2.75, 3.05) is 0 Å². The van der Waals surface area contributed by atoms with Gasteiger partial charge in [0, 0.05) is 11.4 Å². The summed E-state index contributed by atoms with van der Waals surface area (Å²) in [6.07, 6.45) is 2.13. The third kappa shape index (κ3) is 3.08. The molecule has 1 aromatic heterocycles. The van der Waals surface area contributed by atoms with Gasteiger partial charge in [-0.3, -0.25) is 4.79 Å². The number of hydrazone groups is 1. The molecule has 5 heteroatoms. The lowest BCUT2D eigenvalue weighted by molar-refractivity contribution is 0.0678. The van der Waals surface area contributed by atoms with Crippen molar-refractivity contribution >= 4 is 23.2 Å². The van der Waals surface area contributed by atoms with Gasteiger partial charge in [-0.25, -0.2) is 5.01 Å². The molecule has 2 heterocycles. The molecule has 4 nitrogen and oxygen atoms in total. The van der Waals surface area contributed by atoms with Gasteiger partial charge in [0.1, 0.15) is 0 Å². The van der Waals surface area contributed by atoms with Crippen molar-refractivity contribution < 1.29 is 9.21 Å². The minimum Gasteiger partial charge on any atom is -0.459 e. The second kappa shape index (κ2) is 6.57. The predicted molar refractivity (Wildman–Crippen MR) is 96.7 cm³/mol. The summed E-state index contributed by atoms with van der Waals surface area (Å²) in [7, 11) is 0. The Morgan fingerprint density at radius 3 is 2.48 bits per heavy atom. The minimum absolute atomic E-state index is 0.190. The number of halogens is 1. The van der Waals surface area contributed by atoms with Crippen molar-refractivity contribution in [2.45, 2.75) is 12.5 Å². The molecule has 0 saturated heterocycles. The predicted octanol–water partition coefficient (Wildman–Crippen LogP) is 4.92. The first kappa shape index (κ1) is 15.7. The summed E-state index contributed by atoms with van der Waals surface area (Å²) in [5.74, 6) is 0.0212. The molecule has 1 aliphatic heterocycles. The molecule has 0 fully saturated rings. The molecule has 1 atom stereocenters. The summed E-state index contributed by atoms with van der Waals surface area (Å²) in [6, 6.07) is 20.6. The largest absolute Gasteiger partial charge is 0.459 e. The van der Waals surface area contributed by atoms with Crippen LogP contribution >= 0.6 is 11.6 Å². The first-order chi connectivity index (χ1) is 12.2. The molecule has 124 valence electrons. The minimum atomic E-state index is -0.254. The summed E-state index contributed by atoms with van der Waals surface area (Å²) in [5.41, 5.74) is 2.87. The Labute approximate surface area is 150 Å². The van der Waals surface area contributed by atoms with E-state index in [9.17, 15) is 4.79 Å². The van der Waals surface area contributed by atoms with Crippen LogP contribution in [0.3, 0.4) is 0 Å². The average Bonchev–Trinajstić information content (AvgIpc) is 3.33. The fraction of sp³-hybridized carbons (Fsp3) is 0.100. The number of furan rings is 1. The van der Waals surface area contributed by atoms with Crippen LogP contribution in [0.5, 0.6) is 0 Å². The summed E-state index contributed by atoms with van der Waals surface area (Å²) in [5, 5.41) is 6.77. The zero-order chi connectivity index (χ0) is 17.2. The van der Waals surface area contributed by atoms with Gasteiger partial charge in [-0.05, 0) is 35.4 Å². The number of carbonyl (C=O) groups excluding carboxylic acids is 1. The van der Waals surface area contributed by atoms with Gasteiger partial charge in [-0.1, -0.05) is 54.1 Å². The maximum atomic E-state index is 12.8. The second-order valence-electron chi connectivity index (χ2n) is 5.81. The van der Waals surface area contributed by atoms with Crippen LogP contribution in [0, 0.1) is 0 Å². The van der Waals surface area contributed by atoms with Crippen LogP contribution in [0.15, 0.2) is 82.5 Å². The van der Waals surface area contributed by atoms with Crippen LogP contribution in [0.2, 0.25) is 5.02 Å². The van der Waals surface area contributed by atoms with Crippen molar-refractivity contribution in [3.05, 3.63) is 94.9 Å². The maximum Gasteiger partial charge on any atom is 0.310 e. The van der Waals surface area contributed by atoms with Crippen LogP contribution in [-0.2, 0) is 0 Å². The van der Waals surface area contributed by atoms with E-state index in [1.165, 1.54) is 11.3 Å². The number of hydrogen-bond donors (Lipinski definition) is 0. The number of hydrogen-bond acceptors (Lipinski definition) is 3. The summed E-state index contributed by atoms with van der Waals surface area (Å²) in [6.45, 7) is 0. The topological polar surface area (TPSA) is 45.8 Å². The van der Waals surface area contributed by atoms with Gasteiger partial charge >= 0.3 is 5.91 Å². The second-order valence-corrected chi connectivity index (χ2v) is 6.25. The van der Waals surface area contributed by atoms with Crippen molar-refractivity contribution in [3.8, 4) is 0 Å². The highest BCUT2D eigenvalue weighted by atomic mass is 35.5. The van der Waals surface area contributed by atoms with Crippen LogP contribution in [0.4, 0.5) is 0 Å². The fourth-order valence-corrected chi connectivity index (χ4v) is 3.09. The Balaban J connectivity index is 1.72. The van der Waals surface area contributed by atoms with Gasteiger partial charge in [0.05, 0.1) is 18.0 Å². The van der Waals surface area contributed by atoms with E-state index in [-0.39, 0.29) is 17.7 Å². The van der Waals surface area contributed by atoms with Crippen LogP contribution < -0.4 is 0 Å². The number of amides is 1. The molecule has 0 spiro atoms. The molecule has 1 amide bonds. The van der Waals surface area contributed by atoms with Crippen molar-refractivity contribution in [3.63, 3.8) is 0 Å². The molecule has 0 radical (unpaired) electrons. The Hall–Kier alpha value is -2.85. The smallest absolute Gasteiger partial charge is 0.310 e. The van der Waals surface area contributed by atoms with E-state index >= 15 is 0 Å². The molecule has 1 aliphatic rings. The Bertz CT molecular complexity index is 903. The summed E-state index contributed by atoms with van der Waals surface area (Å²) >= 11 is 6.00. The lowest BCUT2D eigenvalue weighted by atomic mass is 9.98. The number of benzene rings is 2. The van der Waals surface area contributed by atoms with Gasteiger partial charge in [0.25, 0.3) is 0 Å². The average molecular weight is 351 g/mol. The molecule has 0 unspecified atom stereocenters. The number of carbonyl (C=O) groups is 1. The monoisotopic (exact) mass is 350 g/mol. The van der Waals surface area contributed by atoms with Crippen LogP contribution in [-0.4, -0.2) is 16.6 Å². The van der Waals surface area contributed by atoms with Gasteiger partial charge in [-0.15, -0.1) is 0 Å². The summed E-state index contributed by atoms with van der Waals surface area (Å²) < 4.78 is 5.27. The molecule has 4 rings (SSSR count). The molecule has 0 saturated carbocycles. The first-order valence-electron chi connectivity index (χ1n) is 7.98. The van der Waals surface area contributed by atoms with E-state index in [2.05, 4.69) is 5.10 Å². The molecular formula is C20H15ClN2O2. The molecular weight excluding hydrogens is 336 g/mol. The van der Waals surface area contributed by atoms with E-state index in [0.717, 1.165) is 16.8 Å². The van der Waals surface area contributed by atoms with Crippen LogP contribution in [0.1, 0.15) is 34.1 Å². The SMILES string of the molecule is O=C(c1ccco1)N1N=C(c2ccccc2)C[C@H]1c1ccc(Cl)cc1. The lowest BCUT2D eigenvalue weighted by Crippen LogP contribution is -2.26. The molecule has 2 aromatic carbocycles. The van der Waals surface area contributed by atoms with Gasteiger partial charge in [-0.2, -0.15) is 5.10 Å². The van der Waals surface area contributed by atoms with E-state index in [1.54, 1.807) is 12.1 Å². The molecule has 0 bridgehead atoms. The Kier molecular flexibility index (Phi) is 4.12. The lowest BCUT2D eigenvalue weighted by Gasteiger charge is -2.21. The van der Waals surface area contributed by atoms with Crippen LogP contribution in [0.25, 0.3) is 0 Å². The highest BCUT2D eigenvalue weighted by Gasteiger charge is 2.34. The summed E-state index contributed by atoms with van der Waals surface area (Å²) in [4.78, 5) is 12.8. The number of rotatable bonds is 3. The van der Waals surface area contributed by atoms with Crippen molar-refractivity contribution in [1.82, 2.24) is 5.01 Å². The van der Waals surface area contributed by atoms with Crippen molar-refractivity contribution in [1.29, 1.82) is 0 Å². The van der Waals surface area contributed by atoms with Gasteiger partial charge in [0.2, 0.25) is 0 Å². The normalized spacial score (nSPS) is 16.8. The van der Waals surface area contributed by atoms with E-state index in [1.807, 2.05) is 54.6 Å². The Morgan fingerprint density at radius 1 is 1.04 bits per heavy atom. The van der Waals surface area contributed by atoms with Crippen molar-refractivity contribution in [2.24, 2.45) is 5.10 Å². The van der Waals surface area contributed by atoms with E-state index in [0.29, 0.717) is 11.4 Å². The fourth-order valence-electron chi connectivity index (χ4n) is 2.96. The molecule has 0 N–H and O–H groups in total. The van der Waals surface area contributed by atoms with Gasteiger partial charge in [0.15, 0.2) is 5.76 Å². The highest BCUT2D eigenvalue weighted by Crippen LogP contribution is 2.34. The van der Waals surface area contributed by atoms with Gasteiger partial charge < -0.3 is 4.42 Å². The Morgan fingerprint density at radius 2 is 1.80 bits per heavy atom. The standard InChI is InChI=1S/C20H15ClN2O2/c21-16-10-8-15(9-11-16)18-13-17(14-5-2-1-3-6-14)22-23(18)20(24)19-7-4-12-25-19/h1-12,18H,13H2/t18-/m0/s1. The van der Waals surface area contributed by atoms with E-state index < -0.39 is 0 Å². The zero-order valence-corrected chi connectivity index (χ0v) is 14.1. The third-order valence-corrected chi connectivity index (χ3v) is 4.46. The van der Waals surface area contributed by atoms with E-state index in [4.69, 9.17) is 16.0 Å². The zero-order valence-electron chi connectivity index (χ0n) is 13.3. The first-order valence-corrected chi connectivity index (χ1v) is 8.35. The highest BCUT2D eigenvalue weighted by molar-refractivity contribution is 6.30.